The summed E-state index contributed by atoms with van der Waals surface area (Å²) in [6.07, 6.45) is -10.0. The molecular weight excluding hydrogens is 286 g/mol. The summed E-state index contributed by atoms with van der Waals surface area (Å²) < 4.78 is 75.5. The first kappa shape index (κ1) is 14.3. The van der Waals surface area contributed by atoms with Gasteiger partial charge in [0.1, 0.15) is 5.69 Å². The van der Waals surface area contributed by atoms with Gasteiger partial charge in [-0.1, -0.05) is 30.3 Å². The molecule has 2 nitrogen and oxygen atoms in total. The topological polar surface area (TPSA) is 25.8 Å². The summed E-state index contributed by atoms with van der Waals surface area (Å²) in [5, 5.41) is 0. The van der Waals surface area contributed by atoms with Gasteiger partial charge in [-0.05, 0) is 6.07 Å². The maximum Gasteiger partial charge on any atom is 0.451 e. The number of rotatable bonds is 1. The molecule has 1 aromatic carbocycles. The van der Waals surface area contributed by atoms with Gasteiger partial charge in [-0.3, -0.25) is 0 Å². The van der Waals surface area contributed by atoms with Crippen molar-refractivity contribution in [3.8, 4) is 11.3 Å². The predicted molar refractivity (Wildman–Crippen MR) is 57.5 cm³/mol. The van der Waals surface area contributed by atoms with Crippen molar-refractivity contribution in [2.24, 2.45) is 0 Å². The second-order valence-electron chi connectivity index (χ2n) is 3.82. The third kappa shape index (κ3) is 3.06. The Kier molecular flexibility index (Phi) is 3.41. The highest BCUT2D eigenvalue weighted by atomic mass is 19.4. The smallest absolute Gasteiger partial charge is 0.224 e. The predicted octanol–water partition coefficient (Wildman–Crippen LogP) is 4.18. The van der Waals surface area contributed by atoms with Gasteiger partial charge < -0.3 is 0 Å². The first-order valence-electron chi connectivity index (χ1n) is 5.27. The van der Waals surface area contributed by atoms with Gasteiger partial charge in [0.15, 0.2) is 0 Å². The van der Waals surface area contributed by atoms with Gasteiger partial charge in [0.2, 0.25) is 5.82 Å². The van der Waals surface area contributed by atoms with Crippen molar-refractivity contribution in [3.05, 3.63) is 47.9 Å². The molecule has 0 aliphatic rings. The van der Waals surface area contributed by atoms with Crippen LogP contribution in [-0.2, 0) is 12.4 Å². The molecular formula is C12H6F6N2. The van der Waals surface area contributed by atoms with Crippen LogP contribution in [0, 0.1) is 0 Å². The number of nitrogens with zero attached hydrogens (tertiary/aromatic N) is 2. The monoisotopic (exact) mass is 292 g/mol. The van der Waals surface area contributed by atoms with Gasteiger partial charge in [-0.15, -0.1) is 0 Å². The molecule has 0 saturated heterocycles. The van der Waals surface area contributed by atoms with E-state index in [1.165, 1.54) is 24.3 Å². The molecule has 0 aliphatic heterocycles. The molecule has 0 radical (unpaired) electrons. The lowest BCUT2D eigenvalue weighted by Crippen LogP contribution is -2.17. The van der Waals surface area contributed by atoms with Gasteiger partial charge >= 0.3 is 12.4 Å². The molecule has 8 heteroatoms. The fourth-order valence-electron chi connectivity index (χ4n) is 1.48. The lowest BCUT2D eigenvalue weighted by Gasteiger charge is -2.12. The van der Waals surface area contributed by atoms with Crippen molar-refractivity contribution >= 4 is 0 Å². The van der Waals surface area contributed by atoms with Gasteiger partial charge in [0, 0.05) is 5.56 Å². The highest BCUT2D eigenvalue weighted by Gasteiger charge is 2.40. The van der Waals surface area contributed by atoms with Crippen LogP contribution in [0.25, 0.3) is 11.3 Å². The standard InChI is InChI=1S/C12H6F6N2/c13-11(14,15)9-6-8(7-4-2-1-3-5-7)19-10(20-9)12(16,17)18/h1-6H. The Bertz CT molecular complexity index is 571. The fraction of sp³-hybridized carbons (Fsp3) is 0.167. The summed E-state index contributed by atoms with van der Waals surface area (Å²) in [6, 6.07) is 7.77. The lowest BCUT2D eigenvalue weighted by molar-refractivity contribution is -0.152. The van der Waals surface area contributed by atoms with Crippen LogP contribution in [-0.4, -0.2) is 9.97 Å². The van der Waals surface area contributed by atoms with Gasteiger partial charge in [-0.25, -0.2) is 9.97 Å². The lowest BCUT2D eigenvalue weighted by atomic mass is 10.1. The van der Waals surface area contributed by atoms with E-state index >= 15 is 0 Å². The highest BCUT2D eigenvalue weighted by molar-refractivity contribution is 5.59. The summed E-state index contributed by atoms with van der Waals surface area (Å²) in [5.41, 5.74) is -1.91. The average Bonchev–Trinajstić information content (AvgIpc) is 2.37. The number of aromatic nitrogens is 2. The maximum atomic E-state index is 12.6. The van der Waals surface area contributed by atoms with Crippen molar-refractivity contribution in [1.82, 2.24) is 9.97 Å². The number of alkyl halides is 6. The minimum absolute atomic E-state index is 0.144. The van der Waals surface area contributed by atoms with Crippen LogP contribution < -0.4 is 0 Å². The van der Waals surface area contributed by atoms with E-state index in [4.69, 9.17) is 0 Å². The maximum absolute atomic E-state index is 12.6. The second kappa shape index (κ2) is 4.77. The molecule has 0 N–H and O–H groups in total. The first-order chi connectivity index (χ1) is 9.18. The van der Waals surface area contributed by atoms with Gasteiger partial charge in [0.05, 0.1) is 5.69 Å². The molecule has 1 aromatic heterocycles. The third-order valence-corrected chi connectivity index (χ3v) is 2.34. The van der Waals surface area contributed by atoms with E-state index in [9.17, 15) is 26.3 Å². The van der Waals surface area contributed by atoms with Crippen LogP contribution in [0.5, 0.6) is 0 Å². The molecule has 106 valence electrons. The van der Waals surface area contributed by atoms with E-state index in [1.807, 2.05) is 0 Å². The molecule has 0 amide bonds. The highest BCUT2D eigenvalue weighted by Crippen LogP contribution is 2.34. The van der Waals surface area contributed by atoms with Crippen molar-refractivity contribution in [2.45, 2.75) is 12.4 Å². The summed E-state index contributed by atoms with van der Waals surface area (Å²) in [5.74, 6) is -1.81. The Morgan fingerprint density at radius 3 is 1.85 bits per heavy atom. The third-order valence-electron chi connectivity index (χ3n) is 2.34. The summed E-state index contributed by atoms with van der Waals surface area (Å²) >= 11 is 0. The molecule has 0 aliphatic carbocycles. The van der Waals surface area contributed by atoms with E-state index in [-0.39, 0.29) is 5.56 Å². The molecule has 20 heavy (non-hydrogen) atoms. The van der Waals surface area contributed by atoms with E-state index in [1.54, 1.807) is 6.07 Å². The van der Waals surface area contributed by atoms with Crippen molar-refractivity contribution < 1.29 is 26.3 Å². The second-order valence-corrected chi connectivity index (χ2v) is 3.82. The van der Waals surface area contributed by atoms with Crippen molar-refractivity contribution in [1.29, 1.82) is 0 Å². The first-order valence-corrected chi connectivity index (χ1v) is 5.27. The molecule has 0 unspecified atom stereocenters. The average molecular weight is 292 g/mol. The molecule has 2 aromatic rings. The van der Waals surface area contributed by atoms with E-state index < -0.39 is 29.6 Å². The summed E-state index contributed by atoms with van der Waals surface area (Å²) in [4.78, 5) is 5.69. The number of hydrogen-bond acceptors (Lipinski definition) is 2. The fourth-order valence-corrected chi connectivity index (χ4v) is 1.48. The molecule has 0 atom stereocenters. The normalized spacial score (nSPS) is 12.5. The molecule has 0 spiro atoms. The van der Waals surface area contributed by atoms with E-state index in [0.29, 0.717) is 6.07 Å². The van der Waals surface area contributed by atoms with Crippen LogP contribution in [0.15, 0.2) is 36.4 Å². The number of halogens is 6. The summed E-state index contributed by atoms with van der Waals surface area (Å²) in [6.45, 7) is 0. The largest absolute Gasteiger partial charge is 0.451 e. The SMILES string of the molecule is FC(F)(F)c1cc(-c2ccccc2)nc(C(F)(F)F)n1. The molecule has 0 saturated carbocycles. The molecule has 2 rings (SSSR count). The quantitative estimate of drug-likeness (QED) is 0.737. The van der Waals surface area contributed by atoms with Gasteiger partial charge in [0.25, 0.3) is 0 Å². The van der Waals surface area contributed by atoms with E-state index in [0.717, 1.165) is 0 Å². The zero-order valence-corrected chi connectivity index (χ0v) is 9.63. The van der Waals surface area contributed by atoms with Crippen LogP contribution in [0.2, 0.25) is 0 Å². The van der Waals surface area contributed by atoms with Crippen molar-refractivity contribution in [3.63, 3.8) is 0 Å². The zero-order valence-electron chi connectivity index (χ0n) is 9.63. The van der Waals surface area contributed by atoms with Gasteiger partial charge in [-0.2, -0.15) is 26.3 Å². The van der Waals surface area contributed by atoms with Crippen molar-refractivity contribution in [2.75, 3.05) is 0 Å². The Hall–Kier alpha value is -2.12. The molecule has 1 heterocycles. The summed E-state index contributed by atoms with van der Waals surface area (Å²) in [7, 11) is 0. The zero-order chi connectivity index (χ0) is 15.0. The van der Waals surface area contributed by atoms with Crippen LogP contribution in [0.4, 0.5) is 26.3 Å². The number of benzene rings is 1. The Morgan fingerprint density at radius 1 is 0.750 bits per heavy atom. The minimum atomic E-state index is -5.05. The Labute approximate surface area is 109 Å². The van der Waals surface area contributed by atoms with Crippen LogP contribution in [0.1, 0.15) is 11.5 Å². The minimum Gasteiger partial charge on any atom is -0.224 e. The number of hydrogen-bond donors (Lipinski definition) is 0. The van der Waals surface area contributed by atoms with Crippen LogP contribution in [0.3, 0.4) is 0 Å². The van der Waals surface area contributed by atoms with E-state index in [2.05, 4.69) is 9.97 Å². The molecule has 0 fully saturated rings. The van der Waals surface area contributed by atoms with Crippen LogP contribution >= 0.6 is 0 Å². The Morgan fingerprint density at radius 2 is 1.35 bits per heavy atom. The Balaban J connectivity index is 2.64. The molecule has 0 bridgehead atoms.